The number of benzene rings is 2. The molecule has 3 heteroatoms. The lowest BCUT2D eigenvalue weighted by atomic mass is 10.1. The number of imide groups is 1. The third-order valence-corrected chi connectivity index (χ3v) is 3.07. The monoisotopic (exact) mass is 267 g/mol. The smallest absolute Gasteiger partial charge is 0.260 e. The largest absolute Gasteiger partial charge is 0.275 e. The predicted molar refractivity (Wildman–Crippen MR) is 78.2 cm³/mol. The van der Waals surface area contributed by atoms with Gasteiger partial charge in [-0.05, 0) is 24.6 Å². The molecular formula is C17H17NO2. The number of hydrogen-bond donors (Lipinski definition) is 0. The molecule has 0 saturated heterocycles. The highest BCUT2D eigenvalue weighted by Crippen LogP contribution is 2.12. The zero-order chi connectivity index (χ0) is 14.5. The van der Waals surface area contributed by atoms with Gasteiger partial charge >= 0.3 is 0 Å². The number of aryl methyl sites for hydroxylation is 1. The first-order chi connectivity index (χ1) is 9.58. The van der Waals surface area contributed by atoms with E-state index in [0.29, 0.717) is 12.1 Å². The summed E-state index contributed by atoms with van der Waals surface area (Å²) in [6.07, 6.45) is 0. The zero-order valence-corrected chi connectivity index (χ0v) is 11.7. The van der Waals surface area contributed by atoms with Gasteiger partial charge in [0.05, 0.1) is 6.54 Å². The Labute approximate surface area is 118 Å². The summed E-state index contributed by atoms with van der Waals surface area (Å²) in [5.41, 5.74) is 2.47. The molecular weight excluding hydrogens is 250 g/mol. The van der Waals surface area contributed by atoms with E-state index in [2.05, 4.69) is 0 Å². The minimum Gasteiger partial charge on any atom is -0.275 e. The summed E-state index contributed by atoms with van der Waals surface area (Å²) in [6, 6.07) is 16.8. The van der Waals surface area contributed by atoms with Crippen LogP contribution in [0.1, 0.15) is 28.4 Å². The highest BCUT2D eigenvalue weighted by Gasteiger charge is 2.19. The third kappa shape index (κ3) is 3.32. The number of amides is 2. The van der Waals surface area contributed by atoms with E-state index >= 15 is 0 Å². The molecule has 2 aromatic carbocycles. The van der Waals surface area contributed by atoms with Crippen molar-refractivity contribution in [2.45, 2.75) is 20.4 Å². The van der Waals surface area contributed by atoms with Gasteiger partial charge in [0, 0.05) is 12.5 Å². The molecule has 0 heterocycles. The molecule has 0 aromatic heterocycles. The molecule has 0 radical (unpaired) electrons. The van der Waals surface area contributed by atoms with Crippen molar-refractivity contribution in [2.75, 3.05) is 0 Å². The van der Waals surface area contributed by atoms with Crippen LogP contribution < -0.4 is 0 Å². The van der Waals surface area contributed by atoms with E-state index in [-0.39, 0.29) is 11.8 Å². The Morgan fingerprint density at radius 3 is 2.30 bits per heavy atom. The van der Waals surface area contributed by atoms with Crippen LogP contribution in [-0.2, 0) is 11.3 Å². The Balaban J connectivity index is 2.25. The van der Waals surface area contributed by atoms with Crippen LogP contribution in [0.25, 0.3) is 0 Å². The van der Waals surface area contributed by atoms with Crippen molar-refractivity contribution >= 4 is 11.8 Å². The van der Waals surface area contributed by atoms with E-state index in [9.17, 15) is 9.59 Å². The van der Waals surface area contributed by atoms with Crippen molar-refractivity contribution in [3.63, 3.8) is 0 Å². The Bertz CT molecular complexity index is 620. The molecule has 2 aromatic rings. The molecule has 0 spiro atoms. The van der Waals surface area contributed by atoms with Crippen molar-refractivity contribution in [1.82, 2.24) is 4.90 Å². The fraction of sp³-hybridized carbons (Fsp3) is 0.176. The fourth-order valence-electron chi connectivity index (χ4n) is 2.03. The number of nitrogens with zero attached hydrogens (tertiary/aromatic N) is 1. The van der Waals surface area contributed by atoms with Gasteiger partial charge in [0.15, 0.2) is 0 Å². The molecule has 20 heavy (non-hydrogen) atoms. The lowest BCUT2D eigenvalue weighted by Crippen LogP contribution is -2.34. The van der Waals surface area contributed by atoms with E-state index in [1.54, 1.807) is 12.1 Å². The van der Waals surface area contributed by atoms with Crippen molar-refractivity contribution in [1.29, 1.82) is 0 Å². The van der Waals surface area contributed by atoms with Gasteiger partial charge in [-0.15, -0.1) is 0 Å². The Kier molecular flexibility index (Phi) is 4.31. The number of carbonyl (C=O) groups is 2. The van der Waals surface area contributed by atoms with Gasteiger partial charge in [0.25, 0.3) is 5.91 Å². The highest BCUT2D eigenvalue weighted by atomic mass is 16.2. The molecule has 0 N–H and O–H groups in total. The minimum absolute atomic E-state index is 0.250. The first kappa shape index (κ1) is 14.0. The Hall–Kier alpha value is -2.42. The lowest BCUT2D eigenvalue weighted by Gasteiger charge is -2.19. The second-order valence-corrected chi connectivity index (χ2v) is 4.77. The molecule has 0 aliphatic carbocycles. The fourth-order valence-corrected chi connectivity index (χ4v) is 2.03. The maximum atomic E-state index is 12.4. The maximum Gasteiger partial charge on any atom is 0.260 e. The number of carbonyl (C=O) groups excluding carboxylic acids is 2. The molecule has 0 aliphatic heterocycles. The quantitative estimate of drug-likeness (QED) is 0.856. The van der Waals surface area contributed by atoms with Crippen molar-refractivity contribution < 1.29 is 9.59 Å². The summed E-state index contributed by atoms with van der Waals surface area (Å²) in [5.74, 6) is -0.509. The molecule has 0 fully saturated rings. The van der Waals surface area contributed by atoms with Crippen LogP contribution in [0.15, 0.2) is 54.6 Å². The molecule has 0 atom stereocenters. The first-order valence-corrected chi connectivity index (χ1v) is 6.51. The second-order valence-electron chi connectivity index (χ2n) is 4.77. The van der Waals surface area contributed by atoms with Gasteiger partial charge in [0.2, 0.25) is 5.91 Å². The average molecular weight is 267 g/mol. The molecule has 102 valence electrons. The third-order valence-electron chi connectivity index (χ3n) is 3.07. The van der Waals surface area contributed by atoms with E-state index in [1.165, 1.54) is 11.8 Å². The van der Waals surface area contributed by atoms with Crippen molar-refractivity contribution in [3.8, 4) is 0 Å². The lowest BCUT2D eigenvalue weighted by molar-refractivity contribution is -0.126. The molecule has 0 unspecified atom stereocenters. The molecule has 2 amide bonds. The zero-order valence-electron chi connectivity index (χ0n) is 11.7. The van der Waals surface area contributed by atoms with Crippen LogP contribution in [0.5, 0.6) is 0 Å². The van der Waals surface area contributed by atoms with Crippen LogP contribution in [-0.4, -0.2) is 16.7 Å². The van der Waals surface area contributed by atoms with Crippen LogP contribution in [0, 0.1) is 6.92 Å². The number of hydrogen-bond acceptors (Lipinski definition) is 2. The van der Waals surface area contributed by atoms with Gasteiger partial charge in [0.1, 0.15) is 0 Å². The SMILES string of the molecule is CC(=O)N(Cc1ccccc1)C(=O)c1cccc(C)c1. The Morgan fingerprint density at radius 1 is 1.00 bits per heavy atom. The summed E-state index contributed by atoms with van der Waals surface area (Å²) >= 11 is 0. The van der Waals surface area contributed by atoms with Crippen molar-refractivity contribution in [2.24, 2.45) is 0 Å². The van der Waals surface area contributed by atoms with E-state index in [1.807, 2.05) is 49.4 Å². The summed E-state index contributed by atoms with van der Waals surface area (Å²) < 4.78 is 0. The van der Waals surface area contributed by atoms with E-state index in [0.717, 1.165) is 11.1 Å². The standard InChI is InChI=1S/C17H17NO2/c1-13-7-6-10-16(11-13)17(20)18(14(2)19)12-15-8-4-3-5-9-15/h3-11H,12H2,1-2H3. The van der Waals surface area contributed by atoms with Crippen LogP contribution >= 0.6 is 0 Å². The average Bonchev–Trinajstić information content (AvgIpc) is 2.45. The predicted octanol–water partition coefficient (Wildman–Crippen LogP) is 3.18. The van der Waals surface area contributed by atoms with Crippen molar-refractivity contribution in [3.05, 3.63) is 71.3 Å². The van der Waals surface area contributed by atoms with Gasteiger partial charge in [-0.2, -0.15) is 0 Å². The van der Waals surface area contributed by atoms with Crippen LogP contribution in [0.4, 0.5) is 0 Å². The van der Waals surface area contributed by atoms with Crippen LogP contribution in [0.2, 0.25) is 0 Å². The Morgan fingerprint density at radius 2 is 1.70 bits per heavy atom. The van der Waals surface area contributed by atoms with Gasteiger partial charge < -0.3 is 0 Å². The van der Waals surface area contributed by atoms with Gasteiger partial charge in [-0.3, -0.25) is 14.5 Å². The van der Waals surface area contributed by atoms with Crippen LogP contribution in [0.3, 0.4) is 0 Å². The molecule has 3 nitrogen and oxygen atoms in total. The summed E-state index contributed by atoms with van der Waals surface area (Å²) in [6.45, 7) is 3.63. The topological polar surface area (TPSA) is 37.4 Å². The molecule has 0 aliphatic rings. The summed E-state index contributed by atoms with van der Waals surface area (Å²) in [4.78, 5) is 25.5. The molecule has 0 bridgehead atoms. The second kappa shape index (κ2) is 6.15. The van der Waals surface area contributed by atoms with E-state index < -0.39 is 0 Å². The highest BCUT2D eigenvalue weighted by molar-refractivity contribution is 6.04. The number of rotatable bonds is 3. The first-order valence-electron chi connectivity index (χ1n) is 6.51. The molecule has 2 rings (SSSR count). The van der Waals surface area contributed by atoms with Gasteiger partial charge in [-0.25, -0.2) is 0 Å². The summed E-state index contributed by atoms with van der Waals surface area (Å²) in [5, 5.41) is 0. The normalized spacial score (nSPS) is 10.1. The summed E-state index contributed by atoms with van der Waals surface area (Å²) in [7, 11) is 0. The van der Waals surface area contributed by atoms with E-state index in [4.69, 9.17) is 0 Å². The maximum absolute atomic E-state index is 12.4. The minimum atomic E-state index is -0.259. The van der Waals surface area contributed by atoms with Gasteiger partial charge in [-0.1, -0.05) is 48.0 Å². The molecule has 0 saturated carbocycles.